The maximum atomic E-state index is 14.7. The van der Waals surface area contributed by atoms with Gasteiger partial charge in [0.15, 0.2) is 5.75 Å². The number of hydrogen-bond donors (Lipinski definition) is 3. The number of hydrogen-bond acceptors (Lipinski definition) is 6. The first-order valence-electron chi connectivity index (χ1n) is 11.2. The SMILES string of the molecule is C#Cc1ccc(Nc2cc(F)cc(Oc3cccc(NS(=O)(=O)CC)c3)c2NS(=O)(=O)C2CC2)c(F)c1. The molecule has 0 amide bonds. The summed E-state index contributed by atoms with van der Waals surface area (Å²) in [6.07, 6.45) is 6.24. The third-order valence-electron chi connectivity index (χ3n) is 5.39. The number of anilines is 4. The number of rotatable bonds is 10. The van der Waals surface area contributed by atoms with Gasteiger partial charge in [0.05, 0.1) is 28.1 Å². The summed E-state index contributed by atoms with van der Waals surface area (Å²) in [5.41, 5.74) is 0.172. The van der Waals surface area contributed by atoms with E-state index in [4.69, 9.17) is 11.2 Å². The molecule has 0 radical (unpaired) electrons. The zero-order chi connectivity index (χ0) is 26.8. The third-order valence-corrected chi connectivity index (χ3v) is 8.54. The molecule has 8 nitrogen and oxygen atoms in total. The van der Waals surface area contributed by atoms with Gasteiger partial charge in [0.25, 0.3) is 0 Å². The minimum Gasteiger partial charge on any atom is -0.455 e. The molecule has 1 fully saturated rings. The van der Waals surface area contributed by atoms with Crippen LogP contribution in [-0.4, -0.2) is 27.8 Å². The molecule has 37 heavy (non-hydrogen) atoms. The van der Waals surface area contributed by atoms with E-state index in [-0.39, 0.29) is 40.0 Å². The minimum absolute atomic E-state index is 0.0709. The molecular formula is C25H23F2N3O5S2. The Morgan fingerprint density at radius 1 is 1.00 bits per heavy atom. The Hall–Kier alpha value is -3.82. The van der Waals surface area contributed by atoms with Gasteiger partial charge in [-0.15, -0.1) is 6.42 Å². The van der Waals surface area contributed by atoms with Crippen LogP contribution in [0.2, 0.25) is 0 Å². The van der Waals surface area contributed by atoms with Crippen molar-refractivity contribution < 1.29 is 30.4 Å². The molecule has 0 unspecified atom stereocenters. The molecule has 0 aromatic heterocycles. The second-order valence-electron chi connectivity index (χ2n) is 8.27. The molecule has 4 rings (SSSR count). The third kappa shape index (κ3) is 6.49. The summed E-state index contributed by atoms with van der Waals surface area (Å²) >= 11 is 0. The number of ether oxygens (including phenoxy) is 1. The van der Waals surface area contributed by atoms with Crippen LogP contribution in [0, 0.1) is 24.0 Å². The van der Waals surface area contributed by atoms with Gasteiger partial charge < -0.3 is 10.1 Å². The molecule has 1 aliphatic carbocycles. The number of halogens is 2. The van der Waals surface area contributed by atoms with Gasteiger partial charge in [0, 0.05) is 17.7 Å². The molecule has 0 aliphatic heterocycles. The summed E-state index contributed by atoms with van der Waals surface area (Å²) in [5, 5.41) is 2.09. The number of benzene rings is 3. The highest BCUT2D eigenvalue weighted by molar-refractivity contribution is 7.93. The van der Waals surface area contributed by atoms with Gasteiger partial charge in [-0.25, -0.2) is 25.6 Å². The van der Waals surface area contributed by atoms with Crippen LogP contribution < -0.4 is 19.5 Å². The van der Waals surface area contributed by atoms with Crippen LogP contribution in [0.25, 0.3) is 0 Å². The van der Waals surface area contributed by atoms with Crippen LogP contribution in [-0.2, 0) is 20.0 Å². The summed E-state index contributed by atoms with van der Waals surface area (Å²) in [7, 11) is -7.41. The first-order valence-corrected chi connectivity index (χ1v) is 14.4. The van der Waals surface area contributed by atoms with Crippen LogP contribution in [0.4, 0.5) is 31.5 Å². The molecule has 3 aromatic rings. The van der Waals surface area contributed by atoms with Crippen molar-refractivity contribution in [1.82, 2.24) is 0 Å². The smallest absolute Gasteiger partial charge is 0.235 e. The molecule has 0 bridgehead atoms. The Morgan fingerprint density at radius 3 is 2.41 bits per heavy atom. The van der Waals surface area contributed by atoms with Crippen molar-refractivity contribution in [1.29, 1.82) is 0 Å². The predicted octanol–water partition coefficient (Wildman–Crippen LogP) is 5.15. The molecule has 12 heteroatoms. The van der Waals surface area contributed by atoms with E-state index < -0.39 is 36.9 Å². The lowest BCUT2D eigenvalue weighted by Crippen LogP contribution is -2.19. The second-order valence-corrected chi connectivity index (χ2v) is 12.2. The minimum atomic E-state index is -3.84. The van der Waals surface area contributed by atoms with E-state index in [1.54, 1.807) is 0 Å². The average Bonchev–Trinajstić information content (AvgIpc) is 3.69. The molecule has 1 aliphatic rings. The molecule has 1 saturated carbocycles. The fourth-order valence-electron chi connectivity index (χ4n) is 3.32. The second kappa shape index (κ2) is 10.3. The van der Waals surface area contributed by atoms with Crippen LogP contribution >= 0.6 is 0 Å². The lowest BCUT2D eigenvalue weighted by atomic mass is 10.2. The number of nitrogens with one attached hydrogen (secondary N) is 3. The molecule has 0 saturated heterocycles. The van der Waals surface area contributed by atoms with Crippen molar-refractivity contribution in [3.8, 4) is 23.8 Å². The Kier molecular flexibility index (Phi) is 7.29. The fraction of sp³-hybridized carbons (Fsp3) is 0.200. The summed E-state index contributed by atoms with van der Waals surface area (Å²) in [4.78, 5) is 0. The molecule has 0 spiro atoms. The molecule has 3 N–H and O–H groups in total. The Bertz CT molecular complexity index is 1600. The van der Waals surface area contributed by atoms with E-state index in [0.29, 0.717) is 18.4 Å². The first-order chi connectivity index (χ1) is 17.5. The van der Waals surface area contributed by atoms with Gasteiger partial charge in [-0.3, -0.25) is 9.44 Å². The monoisotopic (exact) mass is 547 g/mol. The fourth-order valence-corrected chi connectivity index (χ4v) is 5.37. The lowest BCUT2D eigenvalue weighted by Gasteiger charge is -2.19. The van der Waals surface area contributed by atoms with E-state index in [0.717, 1.165) is 18.2 Å². The summed E-state index contributed by atoms with van der Waals surface area (Å²) in [6, 6.07) is 11.7. The van der Waals surface area contributed by atoms with Crippen molar-refractivity contribution in [2.45, 2.75) is 25.0 Å². The summed E-state index contributed by atoms with van der Waals surface area (Å²) in [5.74, 6) is 0.514. The van der Waals surface area contributed by atoms with Crippen molar-refractivity contribution in [2.24, 2.45) is 0 Å². The summed E-state index contributed by atoms with van der Waals surface area (Å²) in [6.45, 7) is 1.48. The van der Waals surface area contributed by atoms with E-state index in [1.165, 1.54) is 43.3 Å². The number of terminal acetylenes is 1. The van der Waals surface area contributed by atoms with Crippen molar-refractivity contribution >= 4 is 42.8 Å². The molecular weight excluding hydrogens is 524 g/mol. The largest absolute Gasteiger partial charge is 0.455 e. The van der Waals surface area contributed by atoms with Gasteiger partial charge in [-0.05, 0) is 56.2 Å². The van der Waals surface area contributed by atoms with E-state index >= 15 is 0 Å². The van der Waals surface area contributed by atoms with E-state index in [9.17, 15) is 25.6 Å². The van der Waals surface area contributed by atoms with E-state index in [1.807, 2.05) is 0 Å². The van der Waals surface area contributed by atoms with Gasteiger partial charge in [-0.1, -0.05) is 12.0 Å². The lowest BCUT2D eigenvalue weighted by molar-refractivity contribution is 0.479. The predicted molar refractivity (Wildman–Crippen MR) is 139 cm³/mol. The molecule has 0 atom stereocenters. The zero-order valence-electron chi connectivity index (χ0n) is 19.6. The van der Waals surface area contributed by atoms with Crippen LogP contribution in [0.5, 0.6) is 11.5 Å². The van der Waals surface area contributed by atoms with Gasteiger partial charge in [0.2, 0.25) is 20.0 Å². The van der Waals surface area contributed by atoms with Gasteiger partial charge in [-0.2, -0.15) is 0 Å². The Labute approximate surface area is 214 Å². The van der Waals surface area contributed by atoms with Gasteiger partial charge in [0.1, 0.15) is 23.1 Å². The summed E-state index contributed by atoms with van der Waals surface area (Å²) < 4.78 is 89.3. The highest BCUT2D eigenvalue weighted by Gasteiger charge is 2.37. The normalized spacial score (nSPS) is 13.5. The van der Waals surface area contributed by atoms with Gasteiger partial charge >= 0.3 is 0 Å². The van der Waals surface area contributed by atoms with Crippen molar-refractivity contribution in [3.63, 3.8) is 0 Å². The average molecular weight is 548 g/mol. The highest BCUT2D eigenvalue weighted by atomic mass is 32.2. The number of sulfonamides is 2. The molecule has 0 heterocycles. The van der Waals surface area contributed by atoms with Crippen molar-refractivity contribution in [2.75, 3.05) is 20.5 Å². The first kappa shape index (κ1) is 26.2. The topological polar surface area (TPSA) is 114 Å². The standard InChI is InChI=1S/C25H23F2N3O5S2/c1-3-16-8-11-22(21(27)12-16)28-23-13-17(26)14-24(25(23)30-37(33,34)20-9-10-20)35-19-7-5-6-18(15-19)29-36(31,32)4-2/h1,5-8,11-15,20,28-30H,4,9-10H2,2H3. The highest BCUT2D eigenvalue weighted by Crippen LogP contribution is 2.41. The van der Waals surface area contributed by atoms with Crippen LogP contribution in [0.3, 0.4) is 0 Å². The maximum Gasteiger partial charge on any atom is 0.235 e. The van der Waals surface area contributed by atoms with E-state index in [2.05, 4.69) is 20.7 Å². The van der Waals surface area contributed by atoms with Crippen LogP contribution in [0.15, 0.2) is 54.6 Å². The van der Waals surface area contributed by atoms with Crippen LogP contribution in [0.1, 0.15) is 25.3 Å². The molecule has 194 valence electrons. The van der Waals surface area contributed by atoms with Crippen molar-refractivity contribution in [3.05, 3.63) is 71.8 Å². The Balaban J connectivity index is 1.75. The quantitative estimate of drug-likeness (QED) is 0.303. The maximum absolute atomic E-state index is 14.7. The zero-order valence-corrected chi connectivity index (χ0v) is 21.2. The molecule has 3 aromatic carbocycles. The Morgan fingerprint density at radius 2 is 1.76 bits per heavy atom.